The van der Waals surface area contributed by atoms with Crippen LogP contribution in [0.3, 0.4) is 0 Å². The maximum absolute atomic E-state index is 12.9. The van der Waals surface area contributed by atoms with Crippen LogP contribution < -0.4 is 4.74 Å². The first-order chi connectivity index (χ1) is 13.6. The molecule has 3 heterocycles. The number of furan rings is 1. The van der Waals surface area contributed by atoms with Crippen LogP contribution >= 0.6 is 0 Å². The quantitative estimate of drug-likeness (QED) is 0.740. The summed E-state index contributed by atoms with van der Waals surface area (Å²) in [7, 11) is 1.59. The molecule has 0 radical (unpaired) electrons. The van der Waals surface area contributed by atoms with Crippen molar-refractivity contribution in [2.75, 3.05) is 13.7 Å². The first-order valence-electron chi connectivity index (χ1n) is 8.97. The van der Waals surface area contributed by atoms with Gasteiger partial charge >= 0.3 is 0 Å². The molecule has 2 aromatic rings. The molecule has 3 amide bonds. The second-order valence-corrected chi connectivity index (χ2v) is 6.62. The molecule has 0 bridgehead atoms. The van der Waals surface area contributed by atoms with Gasteiger partial charge in [-0.15, -0.1) is 0 Å². The Balaban J connectivity index is 1.60. The Kier molecular flexibility index (Phi) is 4.68. The number of likely N-dealkylation sites (tertiary alicyclic amines) is 1. The van der Waals surface area contributed by atoms with Crippen LogP contribution in [0.2, 0.25) is 0 Å². The Morgan fingerprint density at radius 2 is 1.89 bits per heavy atom. The average molecular weight is 381 g/mol. The number of hydrogen-bond acceptors (Lipinski definition) is 6. The van der Waals surface area contributed by atoms with E-state index in [2.05, 4.69) is 5.10 Å². The summed E-state index contributed by atoms with van der Waals surface area (Å²) in [4.78, 5) is 37.6. The Labute approximate surface area is 161 Å². The van der Waals surface area contributed by atoms with E-state index in [1.165, 1.54) is 11.3 Å². The summed E-state index contributed by atoms with van der Waals surface area (Å²) >= 11 is 0. The van der Waals surface area contributed by atoms with Crippen LogP contribution in [0.5, 0.6) is 5.75 Å². The third kappa shape index (κ3) is 3.28. The van der Waals surface area contributed by atoms with Crippen LogP contribution in [0.15, 0.2) is 52.2 Å². The van der Waals surface area contributed by atoms with Gasteiger partial charge in [0.15, 0.2) is 0 Å². The molecule has 8 heteroatoms. The highest BCUT2D eigenvalue weighted by molar-refractivity contribution is 6.06. The Bertz CT molecular complexity index is 917. The summed E-state index contributed by atoms with van der Waals surface area (Å²) in [6.45, 7) is -0.311. The van der Waals surface area contributed by atoms with Gasteiger partial charge in [-0.05, 0) is 42.0 Å². The topological polar surface area (TPSA) is 92.4 Å². The van der Waals surface area contributed by atoms with E-state index < -0.39 is 11.9 Å². The van der Waals surface area contributed by atoms with Gasteiger partial charge in [0, 0.05) is 19.3 Å². The van der Waals surface area contributed by atoms with Gasteiger partial charge in [0.25, 0.3) is 5.91 Å². The van der Waals surface area contributed by atoms with Crippen molar-refractivity contribution in [2.45, 2.75) is 25.3 Å². The van der Waals surface area contributed by atoms with Crippen LogP contribution in [0, 0.1) is 0 Å². The SMILES string of the molecule is COc1ccc(C2=NN(C(=O)CN3C(=O)CCC3=O)[C@@H](c3ccco3)C2)cc1. The predicted molar refractivity (Wildman–Crippen MR) is 98.4 cm³/mol. The van der Waals surface area contributed by atoms with Crippen LogP contribution in [-0.4, -0.2) is 47.0 Å². The first kappa shape index (κ1) is 18.0. The molecule has 28 heavy (non-hydrogen) atoms. The molecular formula is C20H19N3O5. The van der Waals surface area contributed by atoms with Crippen molar-refractivity contribution < 1.29 is 23.5 Å². The number of imide groups is 1. The molecule has 0 N–H and O–H groups in total. The highest BCUT2D eigenvalue weighted by Crippen LogP contribution is 2.33. The minimum Gasteiger partial charge on any atom is -0.497 e. The summed E-state index contributed by atoms with van der Waals surface area (Å²) in [6.07, 6.45) is 2.30. The lowest BCUT2D eigenvalue weighted by atomic mass is 10.0. The zero-order valence-corrected chi connectivity index (χ0v) is 15.3. The molecule has 0 spiro atoms. The zero-order chi connectivity index (χ0) is 19.7. The van der Waals surface area contributed by atoms with E-state index in [4.69, 9.17) is 9.15 Å². The molecule has 4 rings (SSSR count). The number of rotatable bonds is 5. The number of carbonyl (C=O) groups is 3. The summed E-state index contributed by atoms with van der Waals surface area (Å²) in [5.41, 5.74) is 1.58. The normalized spacial score (nSPS) is 19.3. The lowest BCUT2D eigenvalue weighted by Gasteiger charge is -2.22. The smallest absolute Gasteiger partial charge is 0.263 e. The second kappa shape index (κ2) is 7.30. The van der Waals surface area contributed by atoms with Crippen molar-refractivity contribution in [1.29, 1.82) is 0 Å². The molecule has 2 aliphatic rings. The molecule has 0 unspecified atom stereocenters. The number of carbonyl (C=O) groups excluding carboxylic acids is 3. The van der Waals surface area contributed by atoms with Gasteiger partial charge in [0.05, 0.1) is 19.1 Å². The monoisotopic (exact) mass is 381 g/mol. The van der Waals surface area contributed by atoms with Crippen molar-refractivity contribution in [3.05, 3.63) is 54.0 Å². The van der Waals surface area contributed by atoms with E-state index >= 15 is 0 Å². The largest absolute Gasteiger partial charge is 0.497 e. The van der Waals surface area contributed by atoms with Crippen LogP contribution in [-0.2, 0) is 14.4 Å². The molecule has 1 saturated heterocycles. The van der Waals surface area contributed by atoms with Crippen molar-refractivity contribution in [3.63, 3.8) is 0 Å². The fourth-order valence-electron chi connectivity index (χ4n) is 3.41. The fourth-order valence-corrected chi connectivity index (χ4v) is 3.41. The molecule has 1 atom stereocenters. The molecule has 0 saturated carbocycles. The maximum Gasteiger partial charge on any atom is 0.263 e. The van der Waals surface area contributed by atoms with Gasteiger partial charge in [0.2, 0.25) is 11.8 Å². The minimum absolute atomic E-state index is 0.147. The number of hydrazone groups is 1. The predicted octanol–water partition coefficient (Wildman–Crippen LogP) is 2.11. The standard InChI is InChI=1S/C20H19N3O5/c1-27-14-6-4-13(5-7-14)15-11-16(17-3-2-10-28-17)23(21-15)20(26)12-22-18(24)8-9-19(22)25/h2-7,10,16H,8-9,11-12H2,1H3/t16-/m1/s1. The number of amides is 3. The van der Waals surface area contributed by atoms with Gasteiger partial charge in [-0.3, -0.25) is 19.3 Å². The number of hydrogen-bond donors (Lipinski definition) is 0. The third-order valence-corrected chi connectivity index (χ3v) is 4.91. The lowest BCUT2D eigenvalue weighted by molar-refractivity contribution is -0.146. The summed E-state index contributed by atoms with van der Waals surface area (Å²) in [5.74, 6) is 0.245. The molecule has 8 nitrogen and oxygen atoms in total. The van der Waals surface area contributed by atoms with E-state index in [-0.39, 0.29) is 31.2 Å². The lowest BCUT2D eigenvalue weighted by Crippen LogP contribution is -2.40. The van der Waals surface area contributed by atoms with Crippen molar-refractivity contribution >= 4 is 23.4 Å². The van der Waals surface area contributed by atoms with Gasteiger partial charge in [-0.1, -0.05) is 0 Å². The molecule has 1 fully saturated rings. The first-order valence-corrected chi connectivity index (χ1v) is 8.97. The van der Waals surface area contributed by atoms with Crippen molar-refractivity contribution in [2.24, 2.45) is 5.10 Å². The van der Waals surface area contributed by atoms with Crippen LogP contribution in [0.25, 0.3) is 0 Å². The van der Waals surface area contributed by atoms with E-state index in [0.717, 1.165) is 21.9 Å². The number of benzene rings is 1. The second-order valence-electron chi connectivity index (χ2n) is 6.62. The molecule has 0 aliphatic carbocycles. The minimum atomic E-state index is -0.424. The molecule has 144 valence electrons. The Morgan fingerprint density at radius 1 is 1.18 bits per heavy atom. The van der Waals surface area contributed by atoms with Gasteiger partial charge < -0.3 is 9.15 Å². The Hall–Kier alpha value is -3.42. The van der Waals surface area contributed by atoms with Gasteiger partial charge in [-0.2, -0.15) is 5.10 Å². The van der Waals surface area contributed by atoms with E-state index in [0.29, 0.717) is 12.2 Å². The summed E-state index contributed by atoms with van der Waals surface area (Å²) in [5, 5.41) is 5.81. The zero-order valence-electron chi connectivity index (χ0n) is 15.3. The van der Waals surface area contributed by atoms with Crippen molar-refractivity contribution in [3.8, 4) is 5.75 Å². The summed E-state index contributed by atoms with van der Waals surface area (Å²) in [6, 6.07) is 10.5. The average Bonchev–Trinajstić information content (AvgIpc) is 3.44. The number of ether oxygens (including phenoxy) is 1. The van der Waals surface area contributed by atoms with Gasteiger partial charge in [-0.25, -0.2) is 5.01 Å². The van der Waals surface area contributed by atoms with E-state index in [9.17, 15) is 14.4 Å². The number of nitrogens with zero attached hydrogens (tertiary/aromatic N) is 3. The highest BCUT2D eigenvalue weighted by atomic mass is 16.5. The summed E-state index contributed by atoms with van der Waals surface area (Å²) < 4.78 is 10.7. The Morgan fingerprint density at radius 3 is 2.50 bits per heavy atom. The van der Waals surface area contributed by atoms with Crippen molar-refractivity contribution in [1.82, 2.24) is 9.91 Å². The molecule has 1 aromatic heterocycles. The highest BCUT2D eigenvalue weighted by Gasteiger charge is 2.38. The fraction of sp³-hybridized carbons (Fsp3) is 0.300. The third-order valence-electron chi connectivity index (χ3n) is 4.91. The van der Waals surface area contributed by atoms with E-state index in [1.807, 2.05) is 24.3 Å². The number of methoxy groups -OCH3 is 1. The molecule has 2 aliphatic heterocycles. The molecular weight excluding hydrogens is 362 g/mol. The van der Waals surface area contributed by atoms with Crippen LogP contribution in [0.1, 0.15) is 36.6 Å². The maximum atomic E-state index is 12.9. The van der Waals surface area contributed by atoms with Gasteiger partial charge in [0.1, 0.15) is 24.1 Å². The van der Waals surface area contributed by atoms with Crippen LogP contribution in [0.4, 0.5) is 0 Å². The molecule has 1 aromatic carbocycles. The van der Waals surface area contributed by atoms with E-state index in [1.54, 1.807) is 19.2 Å².